The lowest BCUT2D eigenvalue weighted by atomic mass is 10.8. The largest absolute Gasteiger partial charge is 0.354 e. The van der Waals surface area contributed by atoms with Crippen LogP contribution in [0.25, 0.3) is 0 Å². The molecule has 0 aromatic heterocycles. The molecule has 0 bridgehead atoms. The van der Waals surface area contributed by atoms with Gasteiger partial charge in [-0.2, -0.15) is 4.21 Å². The van der Waals surface area contributed by atoms with E-state index in [1.165, 1.54) is 7.11 Å². The number of ether oxygens (including phenoxy) is 1. The van der Waals surface area contributed by atoms with Gasteiger partial charge in [-0.25, -0.2) is 8.39 Å². The molecule has 0 aromatic rings. The van der Waals surface area contributed by atoms with Crippen molar-refractivity contribution in [1.82, 2.24) is 0 Å². The molecule has 0 heterocycles. The van der Waals surface area contributed by atoms with Crippen LogP contribution < -0.4 is 0 Å². The minimum Gasteiger partial charge on any atom is -0.354 e. The van der Waals surface area contributed by atoms with Crippen molar-refractivity contribution in [1.29, 1.82) is 0 Å². The first kappa shape index (κ1) is 11.1. The van der Waals surface area contributed by atoms with Crippen LogP contribution in [-0.4, -0.2) is 36.7 Å². The van der Waals surface area contributed by atoms with Gasteiger partial charge in [-0.15, -0.1) is 0 Å². The van der Waals surface area contributed by atoms with Gasteiger partial charge in [0.2, 0.25) is 0 Å². The van der Waals surface area contributed by atoms with Crippen molar-refractivity contribution >= 4 is 22.4 Å². The van der Waals surface area contributed by atoms with Gasteiger partial charge in [0.15, 0.2) is 17.4 Å². The Hall–Kier alpha value is 0.140. The predicted octanol–water partition coefficient (Wildman–Crippen LogP) is -0.666. The van der Waals surface area contributed by atoms with Crippen LogP contribution in [0, 0.1) is 0 Å². The molecule has 0 amide bonds. The standard InChI is InChI=1S/C3H8O6S2/c1-8-3(2-10(4)5)9-11(6)7/h3H,2H2,1H3,(H,4,5)(H,6,7). The molecule has 8 heteroatoms. The molecule has 0 aromatic carbocycles. The molecular weight excluding hydrogens is 196 g/mol. The quantitative estimate of drug-likeness (QED) is 0.456. The smallest absolute Gasteiger partial charge is 0.304 e. The Morgan fingerprint density at radius 1 is 1.45 bits per heavy atom. The fourth-order valence-corrected chi connectivity index (χ4v) is 1.20. The Kier molecular flexibility index (Phi) is 5.82. The lowest BCUT2D eigenvalue weighted by Gasteiger charge is -2.09. The SMILES string of the molecule is COC(CS(=O)O)OS(=O)O. The van der Waals surface area contributed by atoms with Crippen molar-refractivity contribution in [2.75, 3.05) is 12.9 Å². The highest BCUT2D eigenvalue weighted by molar-refractivity contribution is 7.79. The van der Waals surface area contributed by atoms with E-state index in [1.54, 1.807) is 0 Å². The summed E-state index contributed by atoms with van der Waals surface area (Å²) < 4.78 is 45.2. The van der Waals surface area contributed by atoms with Crippen molar-refractivity contribution in [2.45, 2.75) is 6.29 Å². The first-order valence-corrected chi connectivity index (χ1v) is 4.75. The van der Waals surface area contributed by atoms with E-state index in [-0.39, 0.29) is 5.75 Å². The summed E-state index contributed by atoms with van der Waals surface area (Å²) in [4.78, 5) is 0. The molecule has 0 aliphatic rings. The summed E-state index contributed by atoms with van der Waals surface area (Å²) >= 11 is -4.59. The second-order valence-corrected chi connectivity index (χ2v) is 3.07. The summed E-state index contributed by atoms with van der Waals surface area (Å²) in [6.07, 6.45) is -1.13. The van der Waals surface area contributed by atoms with Crippen LogP contribution in [-0.2, 0) is 31.4 Å². The van der Waals surface area contributed by atoms with Crippen molar-refractivity contribution in [3.05, 3.63) is 0 Å². The van der Waals surface area contributed by atoms with Gasteiger partial charge in [-0.1, -0.05) is 0 Å². The second-order valence-electron chi connectivity index (χ2n) is 1.47. The van der Waals surface area contributed by atoms with Gasteiger partial charge in [0.1, 0.15) is 5.75 Å². The van der Waals surface area contributed by atoms with Crippen LogP contribution in [0.4, 0.5) is 0 Å². The molecule has 0 aliphatic carbocycles. The summed E-state index contributed by atoms with van der Waals surface area (Å²) in [6, 6.07) is 0. The molecule has 0 aliphatic heterocycles. The van der Waals surface area contributed by atoms with E-state index in [0.717, 1.165) is 0 Å². The maximum absolute atomic E-state index is 10.1. The number of rotatable bonds is 5. The first-order chi connectivity index (χ1) is 5.06. The van der Waals surface area contributed by atoms with Crippen molar-refractivity contribution < 1.29 is 26.4 Å². The van der Waals surface area contributed by atoms with Crippen molar-refractivity contribution in [2.24, 2.45) is 0 Å². The maximum Gasteiger partial charge on any atom is 0.304 e. The van der Waals surface area contributed by atoms with E-state index >= 15 is 0 Å². The number of hydrogen-bond donors (Lipinski definition) is 2. The molecule has 3 atom stereocenters. The van der Waals surface area contributed by atoms with Crippen molar-refractivity contribution in [3.63, 3.8) is 0 Å². The van der Waals surface area contributed by atoms with Crippen molar-refractivity contribution in [3.8, 4) is 0 Å². The highest BCUT2D eigenvalue weighted by Gasteiger charge is 2.13. The third-order valence-electron chi connectivity index (χ3n) is 0.731. The lowest BCUT2D eigenvalue weighted by Crippen LogP contribution is -2.23. The van der Waals surface area contributed by atoms with Crippen LogP contribution in [0.5, 0.6) is 0 Å². The lowest BCUT2D eigenvalue weighted by molar-refractivity contribution is -0.0319. The maximum atomic E-state index is 10.1. The number of hydrogen-bond acceptors (Lipinski definition) is 4. The van der Waals surface area contributed by atoms with Crippen LogP contribution >= 0.6 is 0 Å². The zero-order chi connectivity index (χ0) is 8.85. The predicted molar refractivity (Wildman–Crippen MR) is 38.3 cm³/mol. The van der Waals surface area contributed by atoms with E-state index in [9.17, 15) is 8.42 Å². The van der Waals surface area contributed by atoms with Gasteiger partial charge in [0.25, 0.3) is 0 Å². The minimum atomic E-state index is -2.48. The van der Waals surface area contributed by atoms with Crippen LogP contribution in [0.2, 0.25) is 0 Å². The fourth-order valence-electron chi connectivity index (χ4n) is 0.343. The Morgan fingerprint density at radius 2 is 2.00 bits per heavy atom. The molecule has 0 spiro atoms. The van der Waals surface area contributed by atoms with E-state index < -0.39 is 28.7 Å². The zero-order valence-electron chi connectivity index (χ0n) is 5.63. The third kappa shape index (κ3) is 6.53. The number of methoxy groups -OCH3 is 1. The van der Waals surface area contributed by atoms with Crippen LogP contribution in [0.3, 0.4) is 0 Å². The van der Waals surface area contributed by atoms with Gasteiger partial charge >= 0.3 is 11.4 Å². The molecule has 0 radical (unpaired) electrons. The molecule has 68 valence electrons. The molecule has 11 heavy (non-hydrogen) atoms. The Bertz CT molecular complexity index is 142. The van der Waals surface area contributed by atoms with Crippen LogP contribution in [0.1, 0.15) is 0 Å². The average molecular weight is 204 g/mol. The zero-order valence-corrected chi connectivity index (χ0v) is 7.26. The summed E-state index contributed by atoms with van der Waals surface area (Å²) in [6.45, 7) is 0. The van der Waals surface area contributed by atoms with Gasteiger partial charge in [-0.3, -0.25) is 4.55 Å². The van der Waals surface area contributed by atoms with Gasteiger partial charge < -0.3 is 9.29 Å². The monoisotopic (exact) mass is 204 g/mol. The highest BCUT2D eigenvalue weighted by atomic mass is 32.2. The Balaban J connectivity index is 3.76. The minimum absolute atomic E-state index is 0.358. The normalized spacial score (nSPS) is 19.2. The molecule has 0 saturated heterocycles. The topological polar surface area (TPSA) is 93.1 Å². The third-order valence-corrected chi connectivity index (χ3v) is 1.67. The molecule has 2 N–H and O–H groups in total. The molecule has 0 rings (SSSR count). The summed E-state index contributed by atoms with van der Waals surface area (Å²) in [5.74, 6) is -0.358. The highest BCUT2D eigenvalue weighted by Crippen LogP contribution is 1.96. The van der Waals surface area contributed by atoms with E-state index in [4.69, 9.17) is 9.11 Å². The van der Waals surface area contributed by atoms with Gasteiger partial charge in [0.05, 0.1) is 0 Å². The van der Waals surface area contributed by atoms with E-state index in [1.807, 2.05) is 0 Å². The molecule has 0 saturated carbocycles. The first-order valence-electron chi connectivity index (χ1n) is 2.44. The molecular formula is C3H8O6S2. The van der Waals surface area contributed by atoms with Gasteiger partial charge in [0, 0.05) is 7.11 Å². The molecule has 6 nitrogen and oxygen atoms in total. The second kappa shape index (κ2) is 5.75. The van der Waals surface area contributed by atoms with Crippen LogP contribution in [0.15, 0.2) is 0 Å². The molecule has 3 unspecified atom stereocenters. The summed E-state index contributed by atoms with van der Waals surface area (Å²) in [7, 11) is 1.20. The molecule has 0 fully saturated rings. The van der Waals surface area contributed by atoms with E-state index in [0.29, 0.717) is 0 Å². The van der Waals surface area contributed by atoms with E-state index in [2.05, 4.69) is 8.92 Å². The Labute approximate surface area is 68.7 Å². The van der Waals surface area contributed by atoms with Gasteiger partial charge in [-0.05, 0) is 0 Å². The summed E-state index contributed by atoms with van der Waals surface area (Å²) in [5, 5.41) is 0. The summed E-state index contributed by atoms with van der Waals surface area (Å²) in [5.41, 5.74) is 0. The average Bonchev–Trinajstić information content (AvgIpc) is 1.84. The Morgan fingerprint density at radius 3 is 2.27 bits per heavy atom. The fraction of sp³-hybridized carbons (Fsp3) is 1.00.